The molecule has 1 aromatic rings. The summed E-state index contributed by atoms with van der Waals surface area (Å²) in [5.74, 6) is -0.242. The predicted octanol–water partition coefficient (Wildman–Crippen LogP) is 1.06. The first kappa shape index (κ1) is 11.0. The lowest BCUT2D eigenvalue weighted by Gasteiger charge is -2.03. The third-order valence-electron chi connectivity index (χ3n) is 1.80. The lowest BCUT2D eigenvalue weighted by Crippen LogP contribution is -2.10. The van der Waals surface area contributed by atoms with E-state index in [0.29, 0.717) is 18.6 Å². The summed E-state index contributed by atoms with van der Waals surface area (Å²) in [6.07, 6.45) is 1.86. The van der Waals surface area contributed by atoms with Gasteiger partial charge in [0.05, 0.1) is 0 Å². The lowest BCUT2D eigenvalue weighted by molar-refractivity contribution is -0.112. The molecule has 15 heavy (non-hydrogen) atoms. The van der Waals surface area contributed by atoms with Gasteiger partial charge in [0.2, 0.25) is 12.3 Å². The molecule has 0 bridgehead atoms. The van der Waals surface area contributed by atoms with E-state index in [4.69, 9.17) is 0 Å². The molecule has 4 heteroatoms. The topological polar surface area (TPSA) is 58.2 Å². The van der Waals surface area contributed by atoms with E-state index in [1.165, 1.54) is 6.08 Å². The Morgan fingerprint density at radius 2 is 2.00 bits per heavy atom. The number of hydrogen-bond donors (Lipinski definition) is 2. The van der Waals surface area contributed by atoms with Gasteiger partial charge in [-0.05, 0) is 23.8 Å². The Balaban J connectivity index is 2.59. The monoisotopic (exact) mass is 204 g/mol. The molecule has 1 aromatic carbocycles. The average Bonchev–Trinajstić information content (AvgIpc) is 2.28. The maximum absolute atomic E-state index is 11.0. The summed E-state index contributed by atoms with van der Waals surface area (Å²) in [7, 11) is 0. The van der Waals surface area contributed by atoms with Crippen molar-refractivity contribution in [3.05, 3.63) is 42.5 Å². The third kappa shape index (κ3) is 3.64. The van der Waals surface area contributed by atoms with Gasteiger partial charge in [-0.3, -0.25) is 9.59 Å². The van der Waals surface area contributed by atoms with Crippen molar-refractivity contribution in [1.29, 1.82) is 0 Å². The second-order valence-electron chi connectivity index (χ2n) is 2.89. The number of hydrogen-bond acceptors (Lipinski definition) is 2. The Morgan fingerprint density at radius 3 is 2.53 bits per heavy atom. The zero-order chi connectivity index (χ0) is 11.1. The van der Waals surface area contributed by atoms with Crippen molar-refractivity contribution in [2.24, 2.45) is 0 Å². The second-order valence-corrected chi connectivity index (χ2v) is 2.89. The zero-order valence-electron chi connectivity index (χ0n) is 8.19. The van der Waals surface area contributed by atoms with Crippen molar-refractivity contribution in [3.8, 4) is 0 Å². The molecule has 4 nitrogen and oxygen atoms in total. The summed E-state index contributed by atoms with van der Waals surface area (Å²) in [5.41, 5.74) is 1.67. The molecule has 0 saturated heterocycles. The molecule has 2 amide bonds. The molecule has 0 aliphatic heterocycles. The summed E-state index contributed by atoms with van der Waals surface area (Å²) in [6.45, 7) is 3.84. The first-order valence-electron chi connectivity index (χ1n) is 4.45. The van der Waals surface area contributed by atoms with E-state index < -0.39 is 0 Å². The van der Waals surface area contributed by atoms with Gasteiger partial charge >= 0.3 is 0 Å². The van der Waals surface area contributed by atoms with E-state index in [1.54, 1.807) is 12.1 Å². The molecule has 0 atom stereocenters. The van der Waals surface area contributed by atoms with Crippen molar-refractivity contribution >= 4 is 18.0 Å². The fraction of sp³-hybridized carbons (Fsp3) is 0.0909. The normalized spacial score (nSPS) is 9.07. The number of nitrogens with one attached hydrogen (secondary N) is 2. The van der Waals surface area contributed by atoms with Crippen LogP contribution in [0.4, 0.5) is 5.69 Å². The summed E-state index contributed by atoms with van der Waals surface area (Å²) >= 11 is 0. The van der Waals surface area contributed by atoms with E-state index in [9.17, 15) is 9.59 Å². The highest BCUT2D eigenvalue weighted by Gasteiger charge is 1.96. The van der Waals surface area contributed by atoms with Crippen LogP contribution in [0.2, 0.25) is 0 Å². The van der Waals surface area contributed by atoms with E-state index in [1.807, 2.05) is 12.1 Å². The van der Waals surface area contributed by atoms with Crippen LogP contribution >= 0.6 is 0 Å². The SMILES string of the molecule is C=CC(=O)Nc1ccc(CNC=O)cc1. The van der Waals surface area contributed by atoms with Crippen LogP contribution in [0.1, 0.15) is 5.56 Å². The molecule has 1 rings (SSSR count). The van der Waals surface area contributed by atoms with Crippen LogP contribution in [0, 0.1) is 0 Å². The molecule has 0 unspecified atom stereocenters. The Morgan fingerprint density at radius 1 is 1.33 bits per heavy atom. The Kier molecular flexibility index (Phi) is 4.09. The molecule has 0 fully saturated rings. The number of benzene rings is 1. The van der Waals surface area contributed by atoms with Crippen LogP contribution in [0.15, 0.2) is 36.9 Å². The molecule has 78 valence electrons. The standard InChI is InChI=1S/C11H12N2O2/c1-2-11(15)13-10-5-3-9(4-6-10)7-12-8-14/h2-6,8H,1,7H2,(H,12,14)(H,13,15). The predicted molar refractivity (Wildman–Crippen MR) is 58.2 cm³/mol. The van der Waals surface area contributed by atoms with Crippen molar-refractivity contribution in [3.63, 3.8) is 0 Å². The Hall–Kier alpha value is -2.10. The van der Waals surface area contributed by atoms with Gasteiger partial charge < -0.3 is 10.6 Å². The summed E-state index contributed by atoms with van der Waals surface area (Å²) in [4.78, 5) is 21.0. The lowest BCUT2D eigenvalue weighted by atomic mass is 10.2. The first-order chi connectivity index (χ1) is 7.26. The van der Waals surface area contributed by atoms with E-state index >= 15 is 0 Å². The molecule has 0 spiro atoms. The van der Waals surface area contributed by atoms with Gasteiger partial charge in [-0.15, -0.1) is 0 Å². The van der Waals surface area contributed by atoms with Gasteiger partial charge in [0.1, 0.15) is 0 Å². The van der Waals surface area contributed by atoms with Crippen LogP contribution in [-0.2, 0) is 16.1 Å². The minimum absolute atomic E-state index is 0.242. The van der Waals surface area contributed by atoms with Gasteiger partial charge in [0.25, 0.3) is 0 Å². The number of carbonyl (C=O) groups excluding carboxylic acids is 2. The molecule has 0 aliphatic carbocycles. The maximum Gasteiger partial charge on any atom is 0.247 e. The summed E-state index contributed by atoms with van der Waals surface area (Å²) in [6, 6.07) is 7.19. The van der Waals surface area contributed by atoms with E-state index in [-0.39, 0.29) is 5.91 Å². The number of anilines is 1. The van der Waals surface area contributed by atoms with Gasteiger partial charge in [-0.25, -0.2) is 0 Å². The first-order valence-corrected chi connectivity index (χ1v) is 4.45. The largest absolute Gasteiger partial charge is 0.355 e. The molecular weight excluding hydrogens is 192 g/mol. The number of rotatable bonds is 5. The van der Waals surface area contributed by atoms with Crippen molar-refractivity contribution in [1.82, 2.24) is 5.32 Å². The second kappa shape index (κ2) is 5.59. The van der Waals surface area contributed by atoms with Crippen molar-refractivity contribution < 1.29 is 9.59 Å². The van der Waals surface area contributed by atoms with Gasteiger partial charge in [0, 0.05) is 12.2 Å². The van der Waals surface area contributed by atoms with Crippen LogP contribution < -0.4 is 10.6 Å². The quantitative estimate of drug-likeness (QED) is 0.556. The molecule has 0 heterocycles. The fourth-order valence-corrected chi connectivity index (χ4v) is 1.06. The average molecular weight is 204 g/mol. The van der Waals surface area contributed by atoms with Gasteiger partial charge in [0.15, 0.2) is 0 Å². The van der Waals surface area contributed by atoms with Gasteiger partial charge in [-0.1, -0.05) is 18.7 Å². The molecule has 0 aromatic heterocycles. The highest BCUT2D eigenvalue weighted by Crippen LogP contribution is 2.09. The van der Waals surface area contributed by atoms with Crippen LogP contribution in [0.25, 0.3) is 0 Å². The maximum atomic E-state index is 11.0. The zero-order valence-corrected chi connectivity index (χ0v) is 8.19. The van der Waals surface area contributed by atoms with Crippen LogP contribution in [-0.4, -0.2) is 12.3 Å². The summed E-state index contributed by atoms with van der Waals surface area (Å²) in [5, 5.41) is 5.18. The van der Waals surface area contributed by atoms with Crippen LogP contribution in [0.5, 0.6) is 0 Å². The summed E-state index contributed by atoms with van der Waals surface area (Å²) < 4.78 is 0. The fourth-order valence-electron chi connectivity index (χ4n) is 1.06. The number of amides is 2. The Bertz CT molecular complexity index is 357. The third-order valence-corrected chi connectivity index (χ3v) is 1.80. The van der Waals surface area contributed by atoms with E-state index in [0.717, 1.165) is 5.56 Å². The highest BCUT2D eigenvalue weighted by atomic mass is 16.1. The molecule has 0 radical (unpaired) electrons. The van der Waals surface area contributed by atoms with Crippen molar-refractivity contribution in [2.45, 2.75) is 6.54 Å². The van der Waals surface area contributed by atoms with Gasteiger partial charge in [-0.2, -0.15) is 0 Å². The molecular formula is C11H12N2O2. The number of carbonyl (C=O) groups is 2. The molecule has 0 aliphatic rings. The highest BCUT2D eigenvalue weighted by molar-refractivity contribution is 5.98. The van der Waals surface area contributed by atoms with Crippen molar-refractivity contribution in [2.75, 3.05) is 5.32 Å². The molecule has 2 N–H and O–H groups in total. The van der Waals surface area contributed by atoms with Crippen LogP contribution in [0.3, 0.4) is 0 Å². The Labute approximate surface area is 88.0 Å². The molecule has 0 saturated carbocycles. The minimum atomic E-state index is -0.242. The smallest absolute Gasteiger partial charge is 0.247 e. The minimum Gasteiger partial charge on any atom is -0.355 e. The van der Waals surface area contributed by atoms with E-state index in [2.05, 4.69) is 17.2 Å².